The van der Waals surface area contributed by atoms with Gasteiger partial charge in [0.25, 0.3) is 0 Å². The fraction of sp³-hybridized carbons (Fsp3) is 0.308. The van der Waals surface area contributed by atoms with Gasteiger partial charge in [-0.25, -0.2) is 13.4 Å². The molecule has 0 saturated heterocycles. The topological polar surface area (TPSA) is 79.4 Å². The molecule has 1 aliphatic rings. The van der Waals surface area contributed by atoms with Crippen molar-refractivity contribution in [3.05, 3.63) is 64.5 Å². The Balaban J connectivity index is 0.00000304. The number of thiazole rings is 1. The van der Waals surface area contributed by atoms with Crippen molar-refractivity contribution in [3.63, 3.8) is 0 Å². The molecule has 0 fully saturated rings. The molecule has 0 bridgehead atoms. The predicted molar refractivity (Wildman–Crippen MR) is 151 cm³/mol. The smallest absolute Gasteiger partial charge is 0.229 e. The third kappa shape index (κ3) is 5.21. The number of hydrogen-bond donors (Lipinski definition) is 1. The third-order valence-corrected chi connectivity index (χ3v) is 10.6. The van der Waals surface area contributed by atoms with Crippen LogP contribution in [-0.4, -0.2) is 43.1 Å². The van der Waals surface area contributed by atoms with Crippen molar-refractivity contribution >= 4 is 66.0 Å². The van der Waals surface area contributed by atoms with Crippen LogP contribution in [0.15, 0.2) is 53.4 Å². The van der Waals surface area contributed by atoms with E-state index in [0.29, 0.717) is 0 Å². The summed E-state index contributed by atoms with van der Waals surface area (Å²) in [7, 11) is -1.22. The lowest BCUT2D eigenvalue weighted by Crippen LogP contribution is -2.25. The minimum atomic E-state index is -3.33. The van der Waals surface area contributed by atoms with Gasteiger partial charge >= 0.3 is 0 Å². The minimum absolute atomic E-state index is 0. The Kier molecular flexibility index (Phi) is 7.87. The number of nitrogens with one attached hydrogen (secondary N) is 1. The number of halogens is 1. The first-order chi connectivity index (χ1) is 16.7. The summed E-state index contributed by atoms with van der Waals surface area (Å²) in [5, 5.41) is 4.44. The van der Waals surface area contributed by atoms with Gasteiger partial charge in [-0.1, -0.05) is 24.3 Å². The van der Waals surface area contributed by atoms with E-state index in [1.165, 1.54) is 10.4 Å². The van der Waals surface area contributed by atoms with E-state index < -0.39 is 15.1 Å². The van der Waals surface area contributed by atoms with E-state index in [-0.39, 0.29) is 29.6 Å². The molecule has 1 amide bonds. The number of rotatable bonds is 6. The number of carbonyl (C=O) groups is 1. The van der Waals surface area contributed by atoms with Gasteiger partial charge in [0.15, 0.2) is 9.84 Å². The van der Waals surface area contributed by atoms with Crippen LogP contribution in [-0.2, 0) is 34.0 Å². The van der Waals surface area contributed by atoms with Crippen LogP contribution in [0.4, 0.5) is 5.00 Å². The summed E-state index contributed by atoms with van der Waals surface area (Å²) in [5.74, 6) is -0.126. The van der Waals surface area contributed by atoms with Crippen molar-refractivity contribution in [1.29, 1.82) is 0 Å². The first-order valence-electron chi connectivity index (χ1n) is 11.5. The quantitative estimate of drug-likeness (QED) is 0.322. The van der Waals surface area contributed by atoms with Crippen LogP contribution in [0, 0.1) is 0 Å². The maximum absolute atomic E-state index is 13.1. The molecule has 4 aromatic rings. The summed E-state index contributed by atoms with van der Waals surface area (Å²) < 4.78 is 25.9. The van der Waals surface area contributed by atoms with Crippen molar-refractivity contribution in [2.75, 3.05) is 18.9 Å². The number of likely N-dealkylation sites (N-methyl/N-ethyl adjacent to an activating group) is 1. The molecule has 2 aromatic heterocycles. The number of thiophene rings is 1. The number of carbonyl (C=O) groups excluding carboxylic acids is 1. The van der Waals surface area contributed by atoms with Gasteiger partial charge in [0.2, 0.25) is 5.91 Å². The number of nitrogens with zero attached hydrogens (tertiary/aromatic N) is 2. The van der Waals surface area contributed by atoms with Crippen LogP contribution in [0.5, 0.6) is 0 Å². The van der Waals surface area contributed by atoms with Crippen molar-refractivity contribution in [2.24, 2.45) is 0 Å². The number of fused-ring (bicyclic) bond motifs is 2. The maximum Gasteiger partial charge on any atom is 0.229 e. The SMILES string of the molecule is CC(C)S(=O)(=O)c1ccc(CC(=O)Nc2sc3c(c2-c2nc4ccccc4s2)CCN(C)C3)cc1.Cl. The second-order valence-corrected chi connectivity index (χ2v) is 13.8. The van der Waals surface area contributed by atoms with Gasteiger partial charge in [-0.05, 0) is 62.7 Å². The Morgan fingerprint density at radius 2 is 1.83 bits per heavy atom. The lowest BCUT2D eigenvalue weighted by atomic mass is 10.0. The summed E-state index contributed by atoms with van der Waals surface area (Å²) in [4.78, 5) is 21.8. The largest absolute Gasteiger partial charge is 0.317 e. The van der Waals surface area contributed by atoms with E-state index in [9.17, 15) is 13.2 Å². The van der Waals surface area contributed by atoms with Crippen molar-refractivity contribution < 1.29 is 13.2 Å². The summed E-state index contributed by atoms with van der Waals surface area (Å²) in [6.07, 6.45) is 1.10. The monoisotopic (exact) mass is 561 g/mol. The number of aromatic nitrogens is 1. The second-order valence-electron chi connectivity index (χ2n) is 9.15. The van der Waals surface area contributed by atoms with Gasteiger partial charge in [-0.15, -0.1) is 35.1 Å². The number of amides is 1. The highest BCUT2D eigenvalue weighted by Gasteiger charge is 2.27. The molecule has 0 aliphatic carbocycles. The van der Waals surface area contributed by atoms with Crippen LogP contribution >= 0.6 is 35.1 Å². The third-order valence-electron chi connectivity index (χ3n) is 6.25. The van der Waals surface area contributed by atoms with Crippen LogP contribution in [0.1, 0.15) is 29.9 Å². The Labute approximate surface area is 225 Å². The first kappa shape index (κ1) is 26.8. The highest BCUT2D eigenvalue weighted by atomic mass is 35.5. The molecule has 0 saturated carbocycles. The molecule has 2 aromatic carbocycles. The van der Waals surface area contributed by atoms with E-state index in [1.807, 2.05) is 18.2 Å². The van der Waals surface area contributed by atoms with Crippen molar-refractivity contribution in [3.8, 4) is 10.6 Å². The lowest BCUT2D eigenvalue weighted by Gasteiger charge is -2.22. The van der Waals surface area contributed by atoms with E-state index in [1.54, 1.807) is 60.8 Å². The minimum Gasteiger partial charge on any atom is -0.317 e. The zero-order valence-electron chi connectivity index (χ0n) is 20.3. The van der Waals surface area contributed by atoms with Crippen molar-refractivity contribution in [1.82, 2.24) is 9.88 Å². The zero-order chi connectivity index (χ0) is 24.7. The molecular weight excluding hydrogens is 534 g/mol. The molecule has 36 heavy (non-hydrogen) atoms. The molecule has 0 unspecified atom stereocenters. The van der Waals surface area contributed by atoms with Gasteiger partial charge in [0.05, 0.1) is 26.8 Å². The Hall–Kier alpha value is -2.30. The maximum atomic E-state index is 13.1. The summed E-state index contributed by atoms with van der Waals surface area (Å²) in [6.45, 7) is 5.16. The molecular formula is C26H28ClN3O3S3. The molecule has 1 N–H and O–H groups in total. The van der Waals surface area contributed by atoms with E-state index in [2.05, 4.69) is 23.3 Å². The molecule has 1 aliphatic heterocycles. The predicted octanol–water partition coefficient (Wildman–Crippen LogP) is 5.80. The Bertz CT molecular complexity index is 1480. The van der Waals surface area contributed by atoms with Crippen LogP contribution in [0.3, 0.4) is 0 Å². The van der Waals surface area contributed by atoms with Crippen molar-refractivity contribution in [2.45, 2.75) is 43.4 Å². The zero-order valence-corrected chi connectivity index (χ0v) is 23.5. The highest BCUT2D eigenvalue weighted by Crippen LogP contribution is 2.45. The second kappa shape index (κ2) is 10.6. The normalized spacial score (nSPS) is 14.0. The Morgan fingerprint density at radius 3 is 2.53 bits per heavy atom. The van der Waals surface area contributed by atoms with Gasteiger partial charge in [-0.2, -0.15) is 0 Å². The summed E-state index contributed by atoms with van der Waals surface area (Å²) in [5.41, 5.74) is 4.07. The van der Waals surface area contributed by atoms with Gasteiger partial charge in [0.1, 0.15) is 10.0 Å². The van der Waals surface area contributed by atoms with Crippen LogP contribution in [0.2, 0.25) is 0 Å². The van der Waals surface area contributed by atoms with E-state index in [4.69, 9.17) is 4.98 Å². The molecule has 10 heteroatoms. The van der Waals surface area contributed by atoms with Gasteiger partial charge < -0.3 is 10.2 Å². The molecule has 3 heterocycles. The summed E-state index contributed by atoms with van der Waals surface area (Å²) in [6, 6.07) is 14.7. The molecule has 190 valence electrons. The van der Waals surface area contributed by atoms with Gasteiger partial charge in [0, 0.05) is 23.5 Å². The number of benzene rings is 2. The molecule has 6 nitrogen and oxygen atoms in total. The van der Waals surface area contributed by atoms with E-state index >= 15 is 0 Å². The number of sulfone groups is 1. The fourth-order valence-electron chi connectivity index (χ4n) is 4.25. The van der Waals surface area contributed by atoms with Gasteiger partial charge in [-0.3, -0.25) is 4.79 Å². The molecule has 0 spiro atoms. The molecule has 0 radical (unpaired) electrons. The summed E-state index contributed by atoms with van der Waals surface area (Å²) >= 11 is 3.29. The number of para-hydroxylation sites is 1. The number of hydrogen-bond acceptors (Lipinski definition) is 7. The molecule has 5 rings (SSSR count). The standard InChI is InChI=1S/C26H27N3O3S3.ClH/c1-16(2)35(31,32)18-10-8-17(9-11-18)14-23(30)28-26-24(19-12-13-29(3)15-22(19)34-26)25-27-20-6-4-5-7-21(20)33-25;/h4-11,16H,12-15H2,1-3H3,(H,28,30);1H. The first-order valence-corrected chi connectivity index (χ1v) is 14.7. The van der Waals surface area contributed by atoms with E-state index in [0.717, 1.165) is 50.9 Å². The fourth-order valence-corrected chi connectivity index (χ4v) is 7.76. The molecule has 0 atom stereocenters. The van der Waals surface area contributed by atoms with Crippen LogP contribution in [0.25, 0.3) is 20.8 Å². The average molecular weight is 562 g/mol. The highest BCUT2D eigenvalue weighted by molar-refractivity contribution is 7.92. The van der Waals surface area contributed by atoms with Crippen LogP contribution < -0.4 is 5.32 Å². The average Bonchev–Trinajstić information content (AvgIpc) is 3.39. The lowest BCUT2D eigenvalue weighted by molar-refractivity contribution is -0.115. The number of anilines is 1. The Morgan fingerprint density at radius 1 is 1.11 bits per heavy atom.